The van der Waals surface area contributed by atoms with Gasteiger partial charge in [0.05, 0.1) is 0 Å². The van der Waals surface area contributed by atoms with Gasteiger partial charge in [-0.3, -0.25) is 9.80 Å². The van der Waals surface area contributed by atoms with Crippen molar-refractivity contribution in [2.75, 3.05) is 42.3 Å². The molecule has 0 saturated carbocycles. The minimum Gasteiger partial charge on any atom is -0.331 e. The zero-order valence-electron chi connectivity index (χ0n) is 9.33. The van der Waals surface area contributed by atoms with Crippen molar-refractivity contribution in [3.05, 3.63) is 0 Å². The third kappa shape index (κ3) is 4.10. The van der Waals surface area contributed by atoms with Gasteiger partial charge >= 0.3 is 6.03 Å². The normalized spacial score (nSPS) is 11.2. The Morgan fingerprint density at radius 3 is 1.62 bits per heavy atom. The topological polar surface area (TPSA) is 38.8 Å². The van der Waals surface area contributed by atoms with Gasteiger partial charge in [-0.2, -0.15) is 0 Å². The first kappa shape index (κ1) is 12.2. The molecule has 0 spiro atoms. The Balaban J connectivity index is 4.19. The predicted octanol–water partition coefficient (Wildman–Crippen LogP) is -0.336. The van der Waals surface area contributed by atoms with Crippen molar-refractivity contribution in [3.8, 4) is 0 Å². The van der Waals surface area contributed by atoms with E-state index in [0.717, 1.165) is 0 Å². The lowest BCUT2D eigenvalue weighted by molar-refractivity contribution is 0.0968. The van der Waals surface area contributed by atoms with Crippen molar-refractivity contribution < 1.29 is 4.79 Å². The van der Waals surface area contributed by atoms with Gasteiger partial charge in [0, 0.05) is 14.1 Å². The summed E-state index contributed by atoms with van der Waals surface area (Å²) in [6.07, 6.45) is -0.0742. The van der Waals surface area contributed by atoms with Crippen LogP contribution in [0, 0.1) is 0 Å². The maximum atomic E-state index is 11.3. The van der Waals surface area contributed by atoms with Crippen LogP contribution in [0.15, 0.2) is 0 Å². The highest BCUT2D eigenvalue weighted by Crippen LogP contribution is 1.93. The summed E-state index contributed by atoms with van der Waals surface area (Å²) >= 11 is 0. The standard InChI is InChI=1S/C8H20N4O/c1-10(2)7(11(3)4)9-8(13)12(5)6/h7H,1-6H3,(H,9,13). The highest BCUT2D eigenvalue weighted by atomic mass is 16.2. The third-order valence-corrected chi connectivity index (χ3v) is 1.64. The molecule has 0 heterocycles. The minimum atomic E-state index is -0.0904. The molecule has 0 bridgehead atoms. The van der Waals surface area contributed by atoms with E-state index < -0.39 is 0 Å². The molecule has 0 radical (unpaired) electrons. The molecule has 0 atom stereocenters. The molecule has 0 fully saturated rings. The average Bonchev–Trinajstić information content (AvgIpc) is 1.97. The predicted molar refractivity (Wildman–Crippen MR) is 53.4 cm³/mol. The summed E-state index contributed by atoms with van der Waals surface area (Å²) in [4.78, 5) is 16.7. The number of hydrogen-bond acceptors (Lipinski definition) is 3. The Bertz CT molecular complexity index is 160. The van der Waals surface area contributed by atoms with Crippen LogP contribution in [0.4, 0.5) is 4.79 Å². The van der Waals surface area contributed by atoms with Crippen LogP contribution >= 0.6 is 0 Å². The van der Waals surface area contributed by atoms with Gasteiger partial charge in [0.2, 0.25) is 0 Å². The SMILES string of the molecule is CN(C)C(=O)NC(N(C)C)N(C)C. The average molecular weight is 188 g/mol. The Kier molecular flexibility index (Phi) is 4.72. The van der Waals surface area contributed by atoms with E-state index in [0.29, 0.717) is 0 Å². The van der Waals surface area contributed by atoms with Crippen molar-refractivity contribution in [2.24, 2.45) is 0 Å². The third-order valence-electron chi connectivity index (χ3n) is 1.64. The molecule has 0 aromatic heterocycles. The Morgan fingerprint density at radius 1 is 1.00 bits per heavy atom. The first-order valence-electron chi connectivity index (χ1n) is 4.17. The first-order valence-corrected chi connectivity index (χ1v) is 4.17. The summed E-state index contributed by atoms with van der Waals surface area (Å²) in [5.74, 6) is 0. The number of hydrogen-bond donors (Lipinski definition) is 1. The largest absolute Gasteiger partial charge is 0.331 e. The molecule has 0 aromatic rings. The number of rotatable bonds is 3. The molecule has 0 rings (SSSR count). The van der Waals surface area contributed by atoms with Crippen LogP contribution in [0.1, 0.15) is 0 Å². The molecule has 5 nitrogen and oxygen atoms in total. The van der Waals surface area contributed by atoms with Gasteiger partial charge in [0.15, 0.2) is 0 Å². The fourth-order valence-electron chi connectivity index (χ4n) is 0.960. The van der Waals surface area contributed by atoms with Crippen molar-refractivity contribution in [1.29, 1.82) is 0 Å². The second kappa shape index (κ2) is 5.04. The fraction of sp³-hybridized carbons (Fsp3) is 0.875. The van der Waals surface area contributed by atoms with Gasteiger partial charge < -0.3 is 10.2 Å². The van der Waals surface area contributed by atoms with Crippen molar-refractivity contribution >= 4 is 6.03 Å². The highest BCUT2D eigenvalue weighted by Gasteiger charge is 2.16. The smallest absolute Gasteiger partial charge is 0.319 e. The van der Waals surface area contributed by atoms with E-state index in [9.17, 15) is 4.79 Å². The zero-order chi connectivity index (χ0) is 10.6. The second-order valence-electron chi connectivity index (χ2n) is 3.64. The minimum absolute atomic E-state index is 0.0742. The van der Waals surface area contributed by atoms with E-state index in [4.69, 9.17) is 0 Å². The maximum absolute atomic E-state index is 11.3. The van der Waals surface area contributed by atoms with E-state index in [2.05, 4.69) is 5.32 Å². The van der Waals surface area contributed by atoms with Crippen molar-refractivity contribution in [2.45, 2.75) is 6.29 Å². The molecule has 13 heavy (non-hydrogen) atoms. The molecule has 0 aliphatic rings. The zero-order valence-corrected chi connectivity index (χ0v) is 9.33. The highest BCUT2D eigenvalue weighted by molar-refractivity contribution is 5.73. The van der Waals surface area contributed by atoms with Crippen LogP contribution < -0.4 is 5.32 Å². The molecule has 0 aliphatic carbocycles. The molecule has 0 aromatic carbocycles. The lowest BCUT2D eigenvalue weighted by atomic mass is 10.6. The van der Waals surface area contributed by atoms with E-state index in [1.165, 1.54) is 4.90 Å². The number of urea groups is 1. The number of nitrogens with zero attached hydrogens (tertiary/aromatic N) is 3. The fourth-order valence-corrected chi connectivity index (χ4v) is 0.960. The van der Waals surface area contributed by atoms with Crippen LogP contribution in [0.2, 0.25) is 0 Å². The summed E-state index contributed by atoms with van der Waals surface area (Å²) in [6, 6.07) is -0.0904. The molecular formula is C8H20N4O. The van der Waals surface area contributed by atoms with Crippen molar-refractivity contribution in [1.82, 2.24) is 20.0 Å². The molecule has 0 unspecified atom stereocenters. The quantitative estimate of drug-likeness (QED) is 0.616. The van der Waals surface area contributed by atoms with Gasteiger partial charge in [-0.05, 0) is 28.2 Å². The van der Waals surface area contributed by atoms with E-state index in [-0.39, 0.29) is 12.3 Å². The molecule has 0 aliphatic heterocycles. The number of nitrogens with one attached hydrogen (secondary N) is 1. The Labute approximate surface area is 80.3 Å². The van der Waals surface area contributed by atoms with Crippen LogP contribution in [-0.4, -0.2) is 69.3 Å². The summed E-state index contributed by atoms with van der Waals surface area (Å²) in [5, 5.41) is 2.85. The van der Waals surface area contributed by atoms with E-state index in [1.807, 2.05) is 38.0 Å². The molecule has 1 N–H and O–H groups in total. The van der Waals surface area contributed by atoms with Crippen LogP contribution in [0.25, 0.3) is 0 Å². The number of amides is 2. The van der Waals surface area contributed by atoms with E-state index in [1.54, 1.807) is 14.1 Å². The lowest BCUT2D eigenvalue weighted by Crippen LogP contribution is -2.55. The second-order valence-corrected chi connectivity index (χ2v) is 3.64. The summed E-state index contributed by atoms with van der Waals surface area (Å²) in [5.41, 5.74) is 0. The van der Waals surface area contributed by atoms with Gasteiger partial charge in [-0.1, -0.05) is 0 Å². The maximum Gasteiger partial charge on any atom is 0.319 e. The summed E-state index contributed by atoms with van der Waals surface area (Å²) < 4.78 is 0. The molecule has 2 amide bonds. The molecule has 0 saturated heterocycles. The summed E-state index contributed by atoms with van der Waals surface area (Å²) in [7, 11) is 11.1. The van der Waals surface area contributed by atoms with Crippen LogP contribution in [0.5, 0.6) is 0 Å². The molecule has 78 valence electrons. The van der Waals surface area contributed by atoms with Crippen molar-refractivity contribution in [3.63, 3.8) is 0 Å². The number of carbonyl (C=O) groups is 1. The van der Waals surface area contributed by atoms with Crippen LogP contribution in [-0.2, 0) is 0 Å². The first-order chi connectivity index (χ1) is 5.86. The Morgan fingerprint density at radius 2 is 1.38 bits per heavy atom. The molecule has 5 heteroatoms. The van der Waals surface area contributed by atoms with Gasteiger partial charge in [0.1, 0.15) is 6.29 Å². The van der Waals surface area contributed by atoms with Gasteiger partial charge in [-0.25, -0.2) is 4.79 Å². The molecular weight excluding hydrogens is 168 g/mol. The Hall–Kier alpha value is -0.810. The van der Waals surface area contributed by atoms with E-state index >= 15 is 0 Å². The lowest BCUT2D eigenvalue weighted by Gasteiger charge is -2.31. The number of carbonyl (C=O) groups excluding carboxylic acids is 1. The van der Waals surface area contributed by atoms with Crippen LogP contribution in [0.3, 0.4) is 0 Å². The summed E-state index contributed by atoms with van der Waals surface area (Å²) in [6.45, 7) is 0. The monoisotopic (exact) mass is 188 g/mol. The van der Waals surface area contributed by atoms with Gasteiger partial charge in [-0.15, -0.1) is 0 Å². The van der Waals surface area contributed by atoms with Gasteiger partial charge in [0.25, 0.3) is 0 Å².